The van der Waals surface area contributed by atoms with Gasteiger partial charge in [0.25, 0.3) is 0 Å². The predicted molar refractivity (Wildman–Crippen MR) is 55.5 cm³/mol. The lowest BCUT2D eigenvalue weighted by molar-refractivity contribution is 0.0686. The predicted octanol–water partition coefficient (Wildman–Crippen LogP) is 3.43. The molecule has 0 aliphatic rings. The van der Waals surface area contributed by atoms with Gasteiger partial charge in [-0.15, -0.1) is 0 Å². The molecule has 1 nitrogen and oxygen atoms in total. The molecule has 1 aromatic rings. The van der Waals surface area contributed by atoms with Crippen molar-refractivity contribution >= 4 is 5.78 Å². The van der Waals surface area contributed by atoms with E-state index in [1.807, 2.05) is 0 Å². The summed E-state index contributed by atoms with van der Waals surface area (Å²) in [7, 11) is 0. The number of carbonyl (C=O) groups is 1. The molecule has 82 valence electrons. The fourth-order valence-electron chi connectivity index (χ4n) is 1.47. The normalized spacial score (nSPS) is 11.9. The van der Waals surface area contributed by atoms with E-state index < -0.39 is 11.8 Å². The van der Waals surface area contributed by atoms with Gasteiger partial charge in [-0.2, -0.15) is 0 Å². The smallest absolute Gasteiger partial charge is 0.247 e. The van der Waals surface area contributed by atoms with E-state index in [2.05, 4.69) is 0 Å². The van der Waals surface area contributed by atoms with Crippen molar-refractivity contribution < 1.29 is 13.6 Å². The molecule has 0 aromatic heterocycles. The summed E-state index contributed by atoms with van der Waals surface area (Å²) in [4.78, 5) is 11.3. The summed E-state index contributed by atoms with van der Waals surface area (Å²) in [5.74, 6) is -0.181. The van der Waals surface area contributed by atoms with Crippen LogP contribution >= 0.6 is 0 Å². The lowest BCUT2D eigenvalue weighted by Crippen LogP contribution is -2.28. The molecule has 1 rings (SSSR count). The van der Waals surface area contributed by atoms with Crippen LogP contribution in [0, 0.1) is 0 Å². The zero-order valence-electron chi connectivity index (χ0n) is 9.05. The van der Waals surface area contributed by atoms with Crippen molar-refractivity contribution in [2.75, 3.05) is 0 Å². The van der Waals surface area contributed by atoms with Crippen LogP contribution in [0.15, 0.2) is 24.3 Å². The summed E-state index contributed by atoms with van der Waals surface area (Å²) in [6, 6.07) is 6.53. The van der Waals surface area contributed by atoms with Crippen LogP contribution in [-0.2, 0) is 5.41 Å². The number of Topliss-reactive ketones (excluding diaryl/α,β-unsaturated/α-hetero) is 1. The fraction of sp³-hybridized carbons (Fsp3) is 0.417. The topological polar surface area (TPSA) is 17.1 Å². The molecule has 0 spiro atoms. The van der Waals surface area contributed by atoms with Crippen molar-refractivity contribution in [3.05, 3.63) is 35.4 Å². The first kappa shape index (κ1) is 11.8. The lowest BCUT2D eigenvalue weighted by atomic mass is 9.81. The third-order valence-electron chi connectivity index (χ3n) is 2.55. The zero-order chi connectivity index (χ0) is 11.6. The van der Waals surface area contributed by atoms with Crippen LogP contribution in [0.25, 0.3) is 0 Å². The van der Waals surface area contributed by atoms with Crippen molar-refractivity contribution in [1.29, 1.82) is 0 Å². The second-order valence-electron chi connectivity index (χ2n) is 4.12. The Morgan fingerprint density at radius 1 is 1.27 bits per heavy atom. The zero-order valence-corrected chi connectivity index (χ0v) is 9.05. The van der Waals surface area contributed by atoms with Gasteiger partial charge in [0.2, 0.25) is 6.43 Å². The summed E-state index contributed by atoms with van der Waals surface area (Å²) < 4.78 is 25.7. The Morgan fingerprint density at radius 2 is 1.80 bits per heavy atom. The number of hydrogen-bond donors (Lipinski definition) is 0. The Labute approximate surface area is 88.1 Å². The van der Waals surface area contributed by atoms with Crippen LogP contribution in [0.1, 0.15) is 36.7 Å². The maximum absolute atomic E-state index is 12.8. The first-order valence-electron chi connectivity index (χ1n) is 4.76. The Hall–Kier alpha value is -1.25. The third-order valence-corrected chi connectivity index (χ3v) is 2.55. The van der Waals surface area contributed by atoms with Gasteiger partial charge in [-0.05, 0) is 12.5 Å². The molecule has 15 heavy (non-hydrogen) atoms. The van der Waals surface area contributed by atoms with Crippen molar-refractivity contribution in [2.24, 2.45) is 0 Å². The number of alkyl halides is 2. The van der Waals surface area contributed by atoms with Crippen LogP contribution in [0.3, 0.4) is 0 Å². The van der Waals surface area contributed by atoms with Gasteiger partial charge in [-0.3, -0.25) is 4.79 Å². The molecule has 0 amide bonds. The number of halogens is 2. The molecule has 3 heteroatoms. The van der Waals surface area contributed by atoms with Gasteiger partial charge in [-0.25, -0.2) is 8.78 Å². The molecule has 0 saturated heterocycles. The van der Waals surface area contributed by atoms with Gasteiger partial charge in [-0.1, -0.05) is 38.1 Å². The molecule has 0 fully saturated rings. The molecule has 0 radical (unpaired) electrons. The van der Waals surface area contributed by atoms with E-state index in [9.17, 15) is 13.6 Å². The number of hydrogen-bond acceptors (Lipinski definition) is 1. The molecule has 0 saturated carbocycles. The van der Waals surface area contributed by atoms with E-state index >= 15 is 0 Å². The number of benzene rings is 1. The Kier molecular flexibility index (Phi) is 3.22. The Bertz CT molecular complexity index is 370. The molecule has 0 N–H and O–H groups in total. The molecule has 0 unspecified atom stereocenters. The van der Waals surface area contributed by atoms with Gasteiger partial charge < -0.3 is 0 Å². The summed E-state index contributed by atoms with van der Waals surface area (Å²) in [6.07, 6.45) is -2.49. The number of rotatable bonds is 3. The molecular formula is C12H14F2O. The van der Waals surface area contributed by atoms with Crippen LogP contribution in [0.4, 0.5) is 8.78 Å². The van der Waals surface area contributed by atoms with Gasteiger partial charge in [0.05, 0.1) is 5.41 Å². The Balaban J connectivity index is 3.31. The van der Waals surface area contributed by atoms with Crippen molar-refractivity contribution in [2.45, 2.75) is 32.6 Å². The summed E-state index contributed by atoms with van der Waals surface area (Å²) in [6.45, 7) is 4.28. The van der Waals surface area contributed by atoms with E-state index in [1.54, 1.807) is 24.3 Å². The highest BCUT2D eigenvalue weighted by atomic mass is 19.3. The van der Waals surface area contributed by atoms with E-state index in [0.717, 1.165) is 0 Å². The summed E-state index contributed by atoms with van der Waals surface area (Å²) in [5.41, 5.74) is -0.502. The molecule has 0 aliphatic carbocycles. The first-order chi connectivity index (χ1) is 6.87. The minimum absolute atomic E-state index is 0.181. The van der Waals surface area contributed by atoms with E-state index in [0.29, 0.717) is 11.1 Å². The average molecular weight is 212 g/mol. The van der Waals surface area contributed by atoms with Crippen LogP contribution in [0.2, 0.25) is 0 Å². The van der Waals surface area contributed by atoms with Gasteiger partial charge in [0.1, 0.15) is 0 Å². The number of carbonyl (C=O) groups excluding carboxylic acids is 1. The second kappa shape index (κ2) is 4.09. The standard InChI is InChI=1S/C12H14F2O/c1-8(15)9-6-4-5-7-10(9)12(2,3)11(13)14/h4-7,11H,1-3H3. The van der Waals surface area contributed by atoms with Gasteiger partial charge >= 0.3 is 0 Å². The quantitative estimate of drug-likeness (QED) is 0.701. The maximum Gasteiger partial charge on any atom is 0.247 e. The minimum atomic E-state index is -2.49. The van der Waals surface area contributed by atoms with Crippen LogP contribution in [0.5, 0.6) is 0 Å². The molecule has 0 aliphatic heterocycles. The van der Waals surface area contributed by atoms with E-state index in [4.69, 9.17) is 0 Å². The highest BCUT2D eigenvalue weighted by Crippen LogP contribution is 2.32. The lowest BCUT2D eigenvalue weighted by Gasteiger charge is -2.26. The SMILES string of the molecule is CC(=O)c1ccccc1C(C)(C)C(F)F. The molecule has 1 aromatic carbocycles. The monoisotopic (exact) mass is 212 g/mol. The van der Waals surface area contributed by atoms with Crippen molar-refractivity contribution in [3.63, 3.8) is 0 Å². The molecule has 0 atom stereocenters. The first-order valence-corrected chi connectivity index (χ1v) is 4.76. The molecular weight excluding hydrogens is 198 g/mol. The fourth-order valence-corrected chi connectivity index (χ4v) is 1.47. The van der Waals surface area contributed by atoms with Crippen molar-refractivity contribution in [3.8, 4) is 0 Å². The van der Waals surface area contributed by atoms with E-state index in [-0.39, 0.29) is 5.78 Å². The highest BCUT2D eigenvalue weighted by Gasteiger charge is 2.33. The van der Waals surface area contributed by atoms with Crippen LogP contribution in [-0.4, -0.2) is 12.2 Å². The maximum atomic E-state index is 12.8. The second-order valence-corrected chi connectivity index (χ2v) is 4.12. The Morgan fingerprint density at radius 3 is 2.27 bits per heavy atom. The number of ketones is 1. The molecule has 0 heterocycles. The van der Waals surface area contributed by atoms with Crippen molar-refractivity contribution in [1.82, 2.24) is 0 Å². The van der Waals surface area contributed by atoms with E-state index in [1.165, 1.54) is 20.8 Å². The summed E-state index contributed by atoms with van der Waals surface area (Å²) in [5, 5.41) is 0. The van der Waals surface area contributed by atoms with Gasteiger partial charge in [0, 0.05) is 5.56 Å². The largest absolute Gasteiger partial charge is 0.295 e. The average Bonchev–Trinajstić information content (AvgIpc) is 2.17. The van der Waals surface area contributed by atoms with Crippen LogP contribution < -0.4 is 0 Å². The molecule has 0 bridgehead atoms. The summed E-state index contributed by atoms with van der Waals surface area (Å²) >= 11 is 0. The highest BCUT2D eigenvalue weighted by molar-refractivity contribution is 5.95. The third kappa shape index (κ3) is 2.22. The minimum Gasteiger partial charge on any atom is -0.295 e. The van der Waals surface area contributed by atoms with Gasteiger partial charge in [0.15, 0.2) is 5.78 Å².